The van der Waals surface area contributed by atoms with Crippen LogP contribution in [0.3, 0.4) is 0 Å². The van der Waals surface area contributed by atoms with E-state index in [9.17, 15) is 10.1 Å². The summed E-state index contributed by atoms with van der Waals surface area (Å²) >= 11 is 0. The first kappa shape index (κ1) is 11.8. The van der Waals surface area contributed by atoms with E-state index in [-0.39, 0.29) is 5.82 Å². The van der Waals surface area contributed by atoms with Crippen LogP contribution >= 0.6 is 0 Å². The number of aromatic nitrogens is 1. The lowest BCUT2D eigenvalue weighted by molar-refractivity contribution is -0.389. The second kappa shape index (κ2) is 4.31. The van der Waals surface area contributed by atoms with Gasteiger partial charge in [0.2, 0.25) is 0 Å². The van der Waals surface area contributed by atoms with Gasteiger partial charge in [0.25, 0.3) is 0 Å². The van der Waals surface area contributed by atoms with Crippen LogP contribution in [0.1, 0.15) is 26.7 Å². The Morgan fingerprint density at radius 1 is 1.53 bits per heavy atom. The number of rotatable bonds is 5. The fourth-order valence-electron chi connectivity index (χ4n) is 2.00. The quantitative estimate of drug-likeness (QED) is 0.629. The van der Waals surface area contributed by atoms with E-state index in [4.69, 9.17) is 0 Å². The van der Waals surface area contributed by atoms with E-state index >= 15 is 0 Å². The monoisotopic (exact) mass is 235 g/mol. The van der Waals surface area contributed by atoms with Crippen molar-refractivity contribution in [2.24, 2.45) is 11.3 Å². The molecule has 0 aliphatic heterocycles. The molecule has 0 spiro atoms. The average molecular weight is 235 g/mol. The van der Waals surface area contributed by atoms with Crippen LogP contribution < -0.4 is 5.32 Å². The molecule has 92 valence electrons. The van der Waals surface area contributed by atoms with E-state index < -0.39 is 4.92 Å². The molecule has 5 heteroatoms. The number of nitrogens with zero attached hydrogens (tertiary/aromatic N) is 2. The van der Waals surface area contributed by atoms with Gasteiger partial charge in [0.05, 0.1) is 5.69 Å². The summed E-state index contributed by atoms with van der Waals surface area (Å²) in [5, 5.41) is 13.8. The lowest BCUT2D eigenvalue weighted by atomic mass is 9.92. The summed E-state index contributed by atoms with van der Waals surface area (Å²) < 4.78 is 0. The minimum Gasteiger partial charge on any atom is -0.381 e. The van der Waals surface area contributed by atoms with Gasteiger partial charge < -0.3 is 15.4 Å². The number of nitrogens with one attached hydrogen (secondary N) is 1. The normalized spacial score (nSPS) is 16.9. The van der Waals surface area contributed by atoms with Gasteiger partial charge in [-0.25, -0.2) is 0 Å². The van der Waals surface area contributed by atoms with Gasteiger partial charge in [-0.1, -0.05) is 13.8 Å². The molecule has 1 saturated carbocycles. The number of hydrogen-bond donors (Lipinski definition) is 1. The Morgan fingerprint density at radius 3 is 2.65 bits per heavy atom. The van der Waals surface area contributed by atoms with Crippen molar-refractivity contribution in [3.05, 3.63) is 28.4 Å². The lowest BCUT2D eigenvalue weighted by Crippen LogP contribution is -2.20. The molecule has 0 atom stereocenters. The number of nitro groups is 1. The molecular weight excluding hydrogens is 218 g/mol. The molecule has 1 aliphatic rings. The smallest absolute Gasteiger partial charge is 0.363 e. The van der Waals surface area contributed by atoms with Crippen molar-refractivity contribution >= 4 is 11.5 Å². The predicted octanol–water partition coefficient (Wildman–Crippen LogP) is 2.84. The van der Waals surface area contributed by atoms with E-state index in [0.29, 0.717) is 11.3 Å². The summed E-state index contributed by atoms with van der Waals surface area (Å²) in [5.41, 5.74) is 1.27. The molecule has 0 unspecified atom stereocenters. The van der Waals surface area contributed by atoms with Gasteiger partial charge in [0.1, 0.15) is 0 Å². The van der Waals surface area contributed by atoms with Crippen LogP contribution in [0.2, 0.25) is 0 Å². The highest BCUT2D eigenvalue weighted by atomic mass is 16.6. The molecule has 2 rings (SSSR count). The van der Waals surface area contributed by atoms with Crippen molar-refractivity contribution in [3.63, 3.8) is 0 Å². The molecule has 1 fully saturated rings. The lowest BCUT2D eigenvalue weighted by Gasteiger charge is -2.20. The molecule has 1 aromatic heterocycles. The van der Waals surface area contributed by atoms with Crippen LogP contribution in [0.15, 0.2) is 18.3 Å². The van der Waals surface area contributed by atoms with Gasteiger partial charge in [0.15, 0.2) is 6.20 Å². The molecule has 17 heavy (non-hydrogen) atoms. The van der Waals surface area contributed by atoms with Crippen molar-refractivity contribution in [1.29, 1.82) is 0 Å². The summed E-state index contributed by atoms with van der Waals surface area (Å²) in [4.78, 5) is 13.7. The van der Waals surface area contributed by atoms with Crippen LogP contribution in [0.5, 0.6) is 0 Å². The highest BCUT2D eigenvalue weighted by molar-refractivity contribution is 5.43. The van der Waals surface area contributed by atoms with Gasteiger partial charge in [-0.15, -0.1) is 0 Å². The summed E-state index contributed by atoms with van der Waals surface area (Å²) in [7, 11) is 0. The molecule has 1 aliphatic carbocycles. The maximum absolute atomic E-state index is 10.5. The second-order valence-electron chi connectivity index (χ2n) is 5.03. The Labute approximate surface area is 100 Å². The number of anilines is 1. The Kier molecular flexibility index (Phi) is 3.00. The molecule has 1 heterocycles. The van der Waals surface area contributed by atoms with E-state index in [1.807, 2.05) is 0 Å². The zero-order valence-electron chi connectivity index (χ0n) is 10.1. The SMILES string of the molecule is CC(C)C1(CNc2ccc([N+](=O)[O-])nc2)CC1. The zero-order valence-corrected chi connectivity index (χ0v) is 10.1. The van der Waals surface area contributed by atoms with Crippen molar-refractivity contribution in [1.82, 2.24) is 4.98 Å². The molecule has 0 radical (unpaired) electrons. The first-order chi connectivity index (χ1) is 8.03. The third kappa shape index (κ3) is 2.54. The predicted molar refractivity (Wildman–Crippen MR) is 65.9 cm³/mol. The van der Waals surface area contributed by atoms with Gasteiger partial charge in [-0.3, -0.25) is 0 Å². The van der Waals surface area contributed by atoms with Gasteiger partial charge in [0, 0.05) is 12.6 Å². The van der Waals surface area contributed by atoms with E-state index in [1.54, 1.807) is 6.07 Å². The number of hydrogen-bond acceptors (Lipinski definition) is 4. The Balaban J connectivity index is 1.94. The molecular formula is C12H17N3O2. The Morgan fingerprint density at radius 2 is 2.24 bits per heavy atom. The van der Waals surface area contributed by atoms with Crippen molar-refractivity contribution in [2.45, 2.75) is 26.7 Å². The van der Waals surface area contributed by atoms with Gasteiger partial charge in [-0.05, 0) is 40.1 Å². The first-order valence-electron chi connectivity index (χ1n) is 5.88. The Hall–Kier alpha value is -1.65. The molecule has 0 bridgehead atoms. The fraction of sp³-hybridized carbons (Fsp3) is 0.583. The van der Waals surface area contributed by atoms with Gasteiger partial charge >= 0.3 is 5.82 Å². The van der Waals surface area contributed by atoms with Crippen molar-refractivity contribution in [2.75, 3.05) is 11.9 Å². The van der Waals surface area contributed by atoms with Crippen molar-refractivity contribution < 1.29 is 4.92 Å². The standard InChI is InChI=1S/C12H17N3O2/c1-9(2)12(5-6-12)8-14-10-3-4-11(13-7-10)15(16)17/h3-4,7,9,14H,5-6,8H2,1-2H3. The molecule has 1 aromatic rings. The van der Waals surface area contributed by atoms with Crippen LogP contribution in [0.4, 0.5) is 11.5 Å². The zero-order chi connectivity index (χ0) is 12.5. The maximum Gasteiger partial charge on any atom is 0.363 e. The highest BCUT2D eigenvalue weighted by Gasteiger charge is 2.44. The topological polar surface area (TPSA) is 68.1 Å². The maximum atomic E-state index is 10.5. The van der Waals surface area contributed by atoms with E-state index in [1.165, 1.54) is 25.1 Å². The van der Waals surface area contributed by atoms with E-state index in [2.05, 4.69) is 24.1 Å². The average Bonchev–Trinajstić information content (AvgIpc) is 3.08. The summed E-state index contributed by atoms with van der Waals surface area (Å²) in [5.74, 6) is 0.557. The Bertz CT molecular complexity index is 410. The highest BCUT2D eigenvalue weighted by Crippen LogP contribution is 2.51. The first-order valence-corrected chi connectivity index (χ1v) is 5.88. The van der Waals surface area contributed by atoms with Crippen molar-refractivity contribution in [3.8, 4) is 0 Å². The summed E-state index contributed by atoms with van der Waals surface area (Å²) in [6.45, 7) is 5.40. The molecule has 0 saturated heterocycles. The summed E-state index contributed by atoms with van der Waals surface area (Å²) in [6.07, 6.45) is 4.05. The minimum absolute atomic E-state index is 0.111. The molecule has 1 N–H and O–H groups in total. The largest absolute Gasteiger partial charge is 0.381 e. The van der Waals surface area contributed by atoms with Crippen LogP contribution in [-0.4, -0.2) is 16.5 Å². The van der Waals surface area contributed by atoms with Crippen LogP contribution in [0, 0.1) is 21.4 Å². The second-order valence-corrected chi connectivity index (χ2v) is 5.03. The third-order valence-corrected chi connectivity index (χ3v) is 3.70. The fourth-order valence-corrected chi connectivity index (χ4v) is 2.00. The number of pyridine rings is 1. The molecule has 5 nitrogen and oxygen atoms in total. The van der Waals surface area contributed by atoms with E-state index in [0.717, 1.165) is 12.2 Å². The molecule has 0 amide bonds. The van der Waals surface area contributed by atoms with Crippen LogP contribution in [0.25, 0.3) is 0 Å². The minimum atomic E-state index is -0.486. The molecule has 0 aromatic carbocycles. The summed E-state index contributed by atoms with van der Waals surface area (Å²) in [6, 6.07) is 3.14. The third-order valence-electron chi connectivity index (χ3n) is 3.70. The van der Waals surface area contributed by atoms with Crippen LogP contribution in [-0.2, 0) is 0 Å². The van der Waals surface area contributed by atoms with Gasteiger partial charge in [-0.2, -0.15) is 0 Å².